The Labute approximate surface area is 132 Å². The van der Waals surface area contributed by atoms with Gasteiger partial charge in [0.15, 0.2) is 0 Å². The number of carbonyl (C=O) groups is 1. The molecule has 1 N–H and O–H groups in total. The zero-order valence-electron chi connectivity index (χ0n) is 13.7. The highest BCUT2D eigenvalue weighted by Crippen LogP contribution is 2.06. The van der Waals surface area contributed by atoms with Crippen molar-refractivity contribution < 1.29 is 9.53 Å². The van der Waals surface area contributed by atoms with Gasteiger partial charge in [-0.25, -0.2) is 4.98 Å². The number of nitrogens with one attached hydrogen (secondary N) is 1. The molecule has 6 heteroatoms. The zero-order chi connectivity index (χ0) is 16.5. The number of carbonyl (C=O) groups excluding carboxylic acids is 1. The molecule has 1 aromatic heterocycles. The molecule has 22 heavy (non-hydrogen) atoms. The largest absolute Gasteiger partial charge is 0.377 e. The van der Waals surface area contributed by atoms with Gasteiger partial charge in [-0.2, -0.15) is 5.26 Å². The first-order valence-electron chi connectivity index (χ1n) is 7.40. The van der Waals surface area contributed by atoms with E-state index in [1.807, 2.05) is 27.1 Å². The van der Waals surface area contributed by atoms with Crippen LogP contribution in [0.4, 0.5) is 0 Å². The molecule has 0 saturated heterocycles. The summed E-state index contributed by atoms with van der Waals surface area (Å²) < 4.78 is 5.63. The SMILES string of the molecule is CCOC(CCN(C)C)CNC(=O)c1ccc(C#N)c(C)n1. The number of pyridine rings is 1. The summed E-state index contributed by atoms with van der Waals surface area (Å²) in [6, 6.07) is 5.22. The van der Waals surface area contributed by atoms with E-state index in [0.717, 1.165) is 13.0 Å². The molecule has 0 aliphatic heterocycles. The summed E-state index contributed by atoms with van der Waals surface area (Å²) in [5.41, 5.74) is 1.36. The number of nitrogens with zero attached hydrogens (tertiary/aromatic N) is 3. The summed E-state index contributed by atoms with van der Waals surface area (Å²) in [5, 5.41) is 11.7. The van der Waals surface area contributed by atoms with Crippen molar-refractivity contribution >= 4 is 5.91 Å². The lowest BCUT2D eigenvalue weighted by molar-refractivity contribution is 0.0495. The maximum absolute atomic E-state index is 12.1. The van der Waals surface area contributed by atoms with Crippen molar-refractivity contribution in [3.8, 4) is 6.07 Å². The number of amides is 1. The standard InChI is InChI=1S/C16H24N4O2/c1-5-22-14(8-9-20(3)4)11-18-16(21)15-7-6-13(10-17)12(2)19-15/h6-7,14H,5,8-9,11H2,1-4H3,(H,18,21). The second kappa shape index (κ2) is 9.13. The highest BCUT2D eigenvalue weighted by molar-refractivity contribution is 5.92. The Hall–Kier alpha value is -1.97. The Balaban J connectivity index is 2.59. The van der Waals surface area contributed by atoms with Crippen LogP contribution in [0.15, 0.2) is 12.1 Å². The highest BCUT2D eigenvalue weighted by Gasteiger charge is 2.13. The summed E-state index contributed by atoms with van der Waals surface area (Å²) >= 11 is 0. The van der Waals surface area contributed by atoms with Crippen molar-refractivity contribution in [3.05, 3.63) is 29.1 Å². The molecule has 1 rings (SSSR count). The third-order valence-electron chi connectivity index (χ3n) is 3.23. The van der Waals surface area contributed by atoms with Crippen LogP contribution in [0, 0.1) is 18.3 Å². The van der Waals surface area contributed by atoms with E-state index in [4.69, 9.17) is 10.00 Å². The van der Waals surface area contributed by atoms with E-state index >= 15 is 0 Å². The molecule has 0 aliphatic carbocycles. The van der Waals surface area contributed by atoms with Crippen LogP contribution in [0.3, 0.4) is 0 Å². The number of hydrogen-bond donors (Lipinski definition) is 1. The minimum Gasteiger partial charge on any atom is -0.377 e. The van der Waals surface area contributed by atoms with Crippen molar-refractivity contribution in [1.29, 1.82) is 5.26 Å². The Morgan fingerprint density at radius 2 is 2.23 bits per heavy atom. The fraction of sp³-hybridized carbons (Fsp3) is 0.562. The van der Waals surface area contributed by atoms with Crippen molar-refractivity contribution in [3.63, 3.8) is 0 Å². The second-order valence-electron chi connectivity index (χ2n) is 5.32. The van der Waals surface area contributed by atoms with E-state index in [1.54, 1.807) is 19.1 Å². The van der Waals surface area contributed by atoms with Gasteiger partial charge in [0.25, 0.3) is 5.91 Å². The maximum atomic E-state index is 12.1. The molecule has 1 aromatic rings. The lowest BCUT2D eigenvalue weighted by Crippen LogP contribution is -2.36. The molecule has 0 fully saturated rings. The number of aromatic nitrogens is 1. The van der Waals surface area contributed by atoms with Gasteiger partial charge in [-0.15, -0.1) is 0 Å². The molecule has 1 atom stereocenters. The summed E-state index contributed by atoms with van der Waals surface area (Å²) in [6.45, 7) is 5.61. The van der Waals surface area contributed by atoms with Crippen LogP contribution in [0.5, 0.6) is 0 Å². The normalized spacial score (nSPS) is 12.0. The van der Waals surface area contributed by atoms with Crippen molar-refractivity contribution in [1.82, 2.24) is 15.2 Å². The van der Waals surface area contributed by atoms with Crippen molar-refractivity contribution in [2.75, 3.05) is 33.8 Å². The highest BCUT2D eigenvalue weighted by atomic mass is 16.5. The molecule has 0 spiro atoms. The molecular weight excluding hydrogens is 280 g/mol. The quantitative estimate of drug-likeness (QED) is 0.784. The molecule has 6 nitrogen and oxygen atoms in total. The first-order chi connectivity index (χ1) is 10.5. The first-order valence-corrected chi connectivity index (χ1v) is 7.40. The molecular formula is C16H24N4O2. The van der Waals surface area contributed by atoms with E-state index in [-0.39, 0.29) is 12.0 Å². The minimum atomic E-state index is -0.248. The molecule has 1 amide bonds. The van der Waals surface area contributed by atoms with Gasteiger partial charge in [0, 0.05) is 19.7 Å². The molecule has 0 bridgehead atoms. The van der Waals surface area contributed by atoms with E-state index in [0.29, 0.717) is 30.1 Å². The number of rotatable bonds is 8. The van der Waals surface area contributed by atoms with Crippen LogP contribution in [-0.4, -0.2) is 55.7 Å². The Bertz CT molecular complexity index is 537. The molecule has 0 aromatic carbocycles. The lowest BCUT2D eigenvalue weighted by Gasteiger charge is -2.19. The van der Waals surface area contributed by atoms with Gasteiger partial charge in [0.05, 0.1) is 17.4 Å². The Kier molecular flexibility index (Phi) is 7.50. The van der Waals surface area contributed by atoms with E-state index in [9.17, 15) is 4.79 Å². The van der Waals surface area contributed by atoms with Gasteiger partial charge in [-0.3, -0.25) is 4.79 Å². The summed E-state index contributed by atoms with van der Waals surface area (Å²) in [7, 11) is 4.01. The molecule has 0 aliphatic rings. The van der Waals surface area contributed by atoms with Crippen LogP contribution in [0.25, 0.3) is 0 Å². The van der Waals surface area contributed by atoms with Gasteiger partial charge in [-0.1, -0.05) is 0 Å². The first kappa shape index (κ1) is 18.1. The van der Waals surface area contributed by atoms with E-state index in [1.165, 1.54) is 0 Å². The fourth-order valence-corrected chi connectivity index (χ4v) is 1.98. The predicted molar refractivity (Wildman–Crippen MR) is 84.6 cm³/mol. The van der Waals surface area contributed by atoms with E-state index < -0.39 is 0 Å². The monoisotopic (exact) mass is 304 g/mol. The Morgan fingerprint density at radius 3 is 2.77 bits per heavy atom. The molecule has 1 heterocycles. The van der Waals surface area contributed by atoms with Crippen molar-refractivity contribution in [2.24, 2.45) is 0 Å². The van der Waals surface area contributed by atoms with Crippen LogP contribution < -0.4 is 5.32 Å². The zero-order valence-corrected chi connectivity index (χ0v) is 13.7. The third-order valence-corrected chi connectivity index (χ3v) is 3.23. The van der Waals surface area contributed by atoms with Gasteiger partial charge in [0.2, 0.25) is 0 Å². The fourth-order valence-electron chi connectivity index (χ4n) is 1.98. The Morgan fingerprint density at radius 1 is 1.50 bits per heavy atom. The predicted octanol–water partition coefficient (Wildman–Crippen LogP) is 1.35. The van der Waals surface area contributed by atoms with Crippen molar-refractivity contribution in [2.45, 2.75) is 26.4 Å². The average Bonchev–Trinajstić information content (AvgIpc) is 2.49. The van der Waals surface area contributed by atoms with Gasteiger partial charge in [-0.05, 0) is 46.5 Å². The third kappa shape index (κ3) is 5.80. The van der Waals surface area contributed by atoms with Gasteiger partial charge < -0.3 is 15.0 Å². The molecule has 1 unspecified atom stereocenters. The van der Waals surface area contributed by atoms with Crippen LogP contribution in [-0.2, 0) is 4.74 Å². The summed E-state index contributed by atoms with van der Waals surface area (Å²) in [5.74, 6) is -0.248. The summed E-state index contributed by atoms with van der Waals surface area (Å²) in [4.78, 5) is 18.4. The minimum absolute atomic E-state index is 0.0178. The summed E-state index contributed by atoms with van der Waals surface area (Å²) in [6.07, 6.45) is 0.830. The van der Waals surface area contributed by atoms with Crippen LogP contribution in [0.2, 0.25) is 0 Å². The lowest BCUT2D eigenvalue weighted by atomic mass is 10.2. The van der Waals surface area contributed by atoms with Crippen LogP contribution in [0.1, 0.15) is 35.1 Å². The van der Waals surface area contributed by atoms with Crippen LogP contribution >= 0.6 is 0 Å². The molecule has 0 saturated carbocycles. The molecule has 120 valence electrons. The topological polar surface area (TPSA) is 78.2 Å². The van der Waals surface area contributed by atoms with Gasteiger partial charge >= 0.3 is 0 Å². The second-order valence-corrected chi connectivity index (χ2v) is 5.32. The number of hydrogen-bond acceptors (Lipinski definition) is 5. The maximum Gasteiger partial charge on any atom is 0.269 e. The number of nitriles is 1. The van der Waals surface area contributed by atoms with E-state index in [2.05, 4.69) is 15.2 Å². The van der Waals surface area contributed by atoms with Gasteiger partial charge in [0.1, 0.15) is 11.8 Å². The number of aryl methyl sites for hydroxylation is 1. The number of ether oxygens (including phenoxy) is 1. The smallest absolute Gasteiger partial charge is 0.269 e. The molecule has 0 radical (unpaired) electrons. The average molecular weight is 304 g/mol.